The molecule has 1 fully saturated rings. The highest BCUT2D eigenvalue weighted by Gasteiger charge is 2.45. The number of hydrazone groups is 1. The van der Waals surface area contributed by atoms with E-state index in [-0.39, 0.29) is 5.91 Å². The summed E-state index contributed by atoms with van der Waals surface area (Å²) in [5.41, 5.74) is 9.93. The molecule has 1 aliphatic rings. The molecule has 24 heavy (non-hydrogen) atoms. The Balaban J connectivity index is 1.77. The number of primary amides is 1. The molecule has 1 aliphatic heterocycles. The zero-order chi connectivity index (χ0) is 16.8. The summed E-state index contributed by atoms with van der Waals surface area (Å²) in [6.45, 7) is 1.51. The molecule has 0 bridgehead atoms. The molecule has 1 unspecified atom stereocenters. The smallest absolute Gasteiger partial charge is 0.243 e. The van der Waals surface area contributed by atoms with Crippen molar-refractivity contribution < 1.29 is 4.79 Å². The van der Waals surface area contributed by atoms with E-state index in [9.17, 15) is 4.79 Å². The minimum atomic E-state index is -0.836. The van der Waals surface area contributed by atoms with Crippen LogP contribution in [0.15, 0.2) is 65.8 Å². The predicted molar refractivity (Wildman–Crippen MR) is 96.6 cm³/mol. The third-order valence-electron chi connectivity index (χ3n) is 4.44. The van der Waals surface area contributed by atoms with Crippen LogP contribution in [-0.4, -0.2) is 29.1 Å². The molecular formula is C19H22N4O. The normalized spacial score (nSPS) is 21.2. The quantitative estimate of drug-likeness (QED) is 0.634. The van der Waals surface area contributed by atoms with Crippen LogP contribution in [0.2, 0.25) is 0 Å². The number of anilines is 1. The van der Waals surface area contributed by atoms with Crippen molar-refractivity contribution in [2.45, 2.75) is 24.9 Å². The van der Waals surface area contributed by atoms with Crippen LogP contribution in [0.1, 0.15) is 18.4 Å². The fraction of sp³-hybridized carbons (Fsp3) is 0.263. The summed E-state index contributed by atoms with van der Waals surface area (Å²) < 4.78 is 0. The van der Waals surface area contributed by atoms with E-state index in [1.54, 1.807) is 6.21 Å². The first-order chi connectivity index (χ1) is 11.7. The zero-order valence-corrected chi connectivity index (χ0v) is 13.6. The standard InChI is InChI=1S/C19H22N4O/c20-18(24)19(15-21-22-17-10-5-2-6-11-17)12-7-13-23(19)14-16-8-3-1-4-9-16/h1-6,8-11,15,22H,7,12-14H2,(H2,20,24)/b21-15+. The van der Waals surface area contributed by atoms with E-state index in [0.717, 1.165) is 24.2 Å². The fourth-order valence-corrected chi connectivity index (χ4v) is 3.14. The molecule has 1 saturated heterocycles. The molecule has 2 aromatic rings. The van der Waals surface area contributed by atoms with Crippen LogP contribution in [0, 0.1) is 0 Å². The SMILES string of the molecule is NC(=O)C1(/C=N/Nc2ccccc2)CCCN1Cc1ccccc1. The van der Waals surface area contributed by atoms with Gasteiger partial charge in [-0.25, -0.2) is 0 Å². The van der Waals surface area contributed by atoms with Gasteiger partial charge in [-0.1, -0.05) is 48.5 Å². The van der Waals surface area contributed by atoms with E-state index < -0.39 is 5.54 Å². The van der Waals surface area contributed by atoms with Gasteiger partial charge in [-0.15, -0.1) is 0 Å². The van der Waals surface area contributed by atoms with E-state index >= 15 is 0 Å². The number of likely N-dealkylation sites (tertiary alicyclic amines) is 1. The first-order valence-electron chi connectivity index (χ1n) is 8.15. The number of para-hydroxylation sites is 1. The molecule has 2 aromatic carbocycles. The molecule has 0 saturated carbocycles. The molecule has 1 amide bonds. The molecule has 5 nitrogen and oxygen atoms in total. The average Bonchev–Trinajstić information content (AvgIpc) is 3.01. The number of amides is 1. The van der Waals surface area contributed by atoms with Crippen LogP contribution in [-0.2, 0) is 11.3 Å². The molecule has 0 spiro atoms. The largest absolute Gasteiger partial charge is 0.368 e. The summed E-state index contributed by atoms with van der Waals surface area (Å²) in [4.78, 5) is 14.3. The maximum Gasteiger partial charge on any atom is 0.243 e. The Morgan fingerprint density at radius 1 is 1.17 bits per heavy atom. The van der Waals surface area contributed by atoms with Gasteiger partial charge < -0.3 is 5.73 Å². The highest BCUT2D eigenvalue weighted by atomic mass is 16.1. The van der Waals surface area contributed by atoms with Crippen molar-refractivity contribution in [2.24, 2.45) is 10.8 Å². The highest BCUT2D eigenvalue weighted by molar-refractivity contribution is 6.02. The molecule has 5 heteroatoms. The maximum absolute atomic E-state index is 12.2. The van der Waals surface area contributed by atoms with E-state index in [1.165, 1.54) is 0 Å². The highest BCUT2D eigenvalue weighted by Crippen LogP contribution is 2.29. The topological polar surface area (TPSA) is 70.7 Å². The molecule has 3 N–H and O–H groups in total. The minimum Gasteiger partial charge on any atom is -0.368 e. The Bertz CT molecular complexity index is 702. The first kappa shape index (κ1) is 16.2. The van der Waals surface area contributed by atoms with E-state index in [4.69, 9.17) is 5.73 Å². The number of hydrogen-bond donors (Lipinski definition) is 2. The number of nitrogens with one attached hydrogen (secondary N) is 1. The first-order valence-corrected chi connectivity index (χ1v) is 8.15. The lowest BCUT2D eigenvalue weighted by Gasteiger charge is -2.32. The Labute approximate surface area is 142 Å². The summed E-state index contributed by atoms with van der Waals surface area (Å²) in [5.74, 6) is -0.352. The summed E-state index contributed by atoms with van der Waals surface area (Å²) >= 11 is 0. The molecule has 1 atom stereocenters. The molecule has 1 heterocycles. The molecule has 124 valence electrons. The van der Waals surface area contributed by atoms with Crippen molar-refractivity contribution in [3.05, 3.63) is 66.2 Å². The predicted octanol–water partition coefficient (Wildman–Crippen LogP) is 2.60. The lowest BCUT2D eigenvalue weighted by atomic mass is 9.96. The summed E-state index contributed by atoms with van der Waals surface area (Å²) in [6.07, 6.45) is 3.28. The van der Waals surface area contributed by atoms with Crippen LogP contribution >= 0.6 is 0 Å². The Kier molecular flexibility index (Phi) is 4.91. The van der Waals surface area contributed by atoms with Gasteiger partial charge in [-0.2, -0.15) is 5.10 Å². The number of nitrogens with two attached hydrogens (primary N) is 1. The molecule has 3 rings (SSSR count). The lowest BCUT2D eigenvalue weighted by molar-refractivity contribution is -0.124. The Morgan fingerprint density at radius 2 is 1.83 bits per heavy atom. The average molecular weight is 322 g/mol. The van der Waals surface area contributed by atoms with Crippen LogP contribution in [0.5, 0.6) is 0 Å². The van der Waals surface area contributed by atoms with Gasteiger partial charge in [0.15, 0.2) is 0 Å². The van der Waals surface area contributed by atoms with Gasteiger partial charge in [-0.3, -0.25) is 15.1 Å². The van der Waals surface area contributed by atoms with E-state index in [0.29, 0.717) is 13.0 Å². The Morgan fingerprint density at radius 3 is 2.50 bits per heavy atom. The van der Waals surface area contributed by atoms with Crippen molar-refractivity contribution >= 4 is 17.8 Å². The second-order valence-electron chi connectivity index (χ2n) is 6.04. The van der Waals surface area contributed by atoms with E-state index in [1.807, 2.05) is 48.5 Å². The van der Waals surface area contributed by atoms with Crippen LogP contribution in [0.25, 0.3) is 0 Å². The van der Waals surface area contributed by atoms with Crippen molar-refractivity contribution in [1.82, 2.24) is 4.90 Å². The van der Waals surface area contributed by atoms with E-state index in [2.05, 4.69) is 27.6 Å². The summed E-state index contributed by atoms with van der Waals surface area (Å²) in [5, 5.41) is 4.29. The number of hydrogen-bond acceptors (Lipinski definition) is 4. The van der Waals surface area contributed by atoms with Crippen LogP contribution in [0.3, 0.4) is 0 Å². The second-order valence-corrected chi connectivity index (χ2v) is 6.04. The van der Waals surface area contributed by atoms with Crippen molar-refractivity contribution in [2.75, 3.05) is 12.0 Å². The third-order valence-corrected chi connectivity index (χ3v) is 4.44. The van der Waals surface area contributed by atoms with Gasteiger partial charge in [0, 0.05) is 6.54 Å². The number of nitrogens with zero attached hydrogens (tertiary/aromatic N) is 2. The zero-order valence-electron chi connectivity index (χ0n) is 13.6. The van der Waals surface area contributed by atoms with Crippen molar-refractivity contribution in [1.29, 1.82) is 0 Å². The molecule has 0 aliphatic carbocycles. The monoisotopic (exact) mass is 322 g/mol. The van der Waals surface area contributed by atoms with Crippen molar-refractivity contribution in [3.8, 4) is 0 Å². The summed E-state index contributed by atoms with van der Waals surface area (Å²) in [7, 11) is 0. The van der Waals surface area contributed by atoms with Gasteiger partial charge in [0.1, 0.15) is 5.54 Å². The molecule has 0 radical (unpaired) electrons. The number of rotatable bonds is 6. The van der Waals surface area contributed by atoms with Crippen molar-refractivity contribution in [3.63, 3.8) is 0 Å². The molecular weight excluding hydrogens is 300 g/mol. The molecule has 0 aromatic heterocycles. The number of benzene rings is 2. The van der Waals surface area contributed by atoms with Gasteiger partial charge in [0.25, 0.3) is 0 Å². The third kappa shape index (κ3) is 3.46. The van der Waals surface area contributed by atoms with Gasteiger partial charge in [0.05, 0.1) is 11.9 Å². The lowest BCUT2D eigenvalue weighted by Crippen LogP contribution is -2.55. The van der Waals surface area contributed by atoms with Crippen LogP contribution in [0.4, 0.5) is 5.69 Å². The minimum absolute atomic E-state index is 0.352. The van der Waals surface area contributed by atoms with Gasteiger partial charge in [-0.05, 0) is 37.1 Å². The van der Waals surface area contributed by atoms with Crippen LogP contribution < -0.4 is 11.2 Å². The fourth-order valence-electron chi connectivity index (χ4n) is 3.14. The van der Waals surface area contributed by atoms with Gasteiger partial charge >= 0.3 is 0 Å². The Hall–Kier alpha value is -2.66. The summed E-state index contributed by atoms with van der Waals surface area (Å²) in [6, 6.07) is 19.8. The number of carbonyl (C=O) groups is 1. The second kappa shape index (κ2) is 7.27. The number of carbonyl (C=O) groups excluding carboxylic acids is 1. The van der Waals surface area contributed by atoms with Gasteiger partial charge in [0.2, 0.25) is 5.91 Å². The maximum atomic E-state index is 12.2.